The van der Waals surface area contributed by atoms with E-state index in [9.17, 15) is 0 Å². The summed E-state index contributed by atoms with van der Waals surface area (Å²) in [6.07, 6.45) is 7.11. The third-order valence-electron chi connectivity index (χ3n) is 3.47. The maximum Gasteiger partial charge on any atom is 0.181 e. The molecule has 0 aliphatic rings. The summed E-state index contributed by atoms with van der Waals surface area (Å²) in [5, 5.41) is 8.47. The van der Waals surface area contributed by atoms with Gasteiger partial charge in [-0.25, -0.2) is 9.97 Å². The first-order chi connectivity index (χ1) is 11.8. The van der Waals surface area contributed by atoms with E-state index in [0.717, 1.165) is 31.9 Å². The lowest BCUT2D eigenvalue weighted by molar-refractivity contribution is 0.572. The molecule has 0 unspecified atom stereocenters. The van der Waals surface area contributed by atoms with Gasteiger partial charge in [0.15, 0.2) is 12.2 Å². The Morgan fingerprint density at radius 3 is 2.75 bits per heavy atom. The second-order valence-electron chi connectivity index (χ2n) is 5.16. The summed E-state index contributed by atoms with van der Waals surface area (Å²) in [7, 11) is 0. The van der Waals surface area contributed by atoms with E-state index in [1.807, 2.05) is 53.2 Å². The molecule has 0 aliphatic heterocycles. The van der Waals surface area contributed by atoms with E-state index in [1.165, 1.54) is 6.39 Å². The van der Waals surface area contributed by atoms with Crippen LogP contribution in [-0.2, 0) is 6.54 Å². The van der Waals surface area contributed by atoms with Gasteiger partial charge in [-0.15, -0.1) is 0 Å². The maximum absolute atomic E-state index is 5.26. The number of oxazole rings is 1. The third-order valence-corrected chi connectivity index (χ3v) is 4.11. The molecule has 4 rings (SSSR count). The largest absolute Gasteiger partial charge is 0.444 e. The van der Waals surface area contributed by atoms with Crippen LogP contribution >= 0.6 is 22.6 Å². The molecule has 1 aromatic carbocycles. The van der Waals surface area contributed by atoms with Crippen LogP contribution in [0.4, 0.5) is 5.69 Å². The number of fused-ring (bicyclic) bond motifs is 1. The van der Waals surface area contributed by atoms with Gasteiger partial charge in [0.1, 0.15) is 12.2 Å². The topological polar surface area (TPSA) is 68.0 Å². The van der Waals surface area contributed by atoms with E-state index in [0.29, 0.717) is 6.54 Å². The van der Waals surface area contributed by atoms with E-state index >= 15 is 0 Å². The second kappa shape index (κ2) is 6.52. The van der Waals surface area contributed by atoms with E-state index in [1.54, 1.807) is 6.20 Å². The predicted molar refractivity (Wildman–Crippen MR) is 98.1 cm³/mol. The molecule has 24 heavy (non-hydrogen) atoms. The van der Waals surface area contributed by atoms with Gasteiger partial charge in [-0.3, -0.25) is 0 Å². The van der Waals surface area contributed by atoms with Crippen LogP contribution in [0.1, 0.15) is 5.69 Å². The van der Waals surface area contributed by atoms with Crippen molar-refractivity contribution in [3.8, 4) is 11.3 Å². The average molecular weight is 429 g/mol. The van der Waals surface area contributed by atoms with Gasteiger partial charge < -0.3 is 8.82 Å². The van der Waals surface area contributed by atoms with Crippen LogP contribution in [0.25, 0.3) is 17.0 Å². The highest BCUT2D eigenvalue weighted by Gasteiger charge is 2.02. The third kappa shape index (κ3) is 3.21. The molecule has 3 aromatic heterocycles. The minimum Gasteiger partial charge on any atom is -0.444 e. The fourth-order valence-corrected chi connectivity index (χ4v) is 2.81. The first-order valence-corrected chi connectivity index (χ1v) is 8.35. The molecule has 0 radical (unpaired) electrons. The highest BCUT2D eigenvalue weighted by molar-refractivity contribution is 14.1. The molecule has 0 aliphatic carbocycles. The molecule has 4 aromatic rings. The fraction of sp³-hybridized carbons (Fsp3) is 0.0588. The van der Waals surface area contributed by atoms with Crippen molar-refractivity contribution in [3.05, 3.63) is 70.6 Å². The molecule has 118 valence electrons. The standard InChI is InChI=1S/C17H12IN5O/c18-13-3-6-17-21-15(10-23(17)9-13)7-20-22-14-4-1-12(2-5-14)16-8-19-11-24-16/h1-6,8-11H,7H2. The molecule has 0 saturated carbocycles. The van der Waals surface area contributed by atoms with Crippen molar-refractivity contribution >= 4 is 33.9 Å². The van der Waals surface area contributed by atoms with Crippen molar-refractivity contribution in [2.24, 2.45) is 10.2 Å². The smallest absolute Gasteiger partial charge is 0.181 e. The SMILES string of the molecule is Ic1ccc2nc(CN=Nc3ccc(-c4cnco4)cc3)cn2c1. The van der Waals surface area contributed by atoms with Crippen molar-refractivity contribution in [2.45, 2.75) is 6.54 Å². The number of aromatic nitrogens is 3. The lowest BCUT2D eigenvalue weighted by atomic mass is 10.2. The van der Waals surface area contributed by atoms with Crippen molar-refractivity contribution in [2.75, 3.05) is 0 Å². The monoisotopic (exact) mass is 429 g/mol. The molecule has 0 atom stereocenters. The van der Waals surface area contributed by atoms with E-state index in [-0.39, 0.29) is 0 Å². The summed E-state index contributed by atoms with van der Waals surface area (Å²) in [5.74, 6) is 0.734. The molecule has 3 heterocycles. The number of hydrogen-bond acceptors (Lipinski definition) is 5. The molecule has 0 spiro atoms. The normalized spacial score (nSPS) is 11.5. The highest BCUT2D eigenvalue weighted by Crippen LogP contribution is 2.22. The minimum atomic E-state index is 0.447. The lowest BCUT2D eigenvalue weighted by Crippen LogP contribution is -1.82. The number of benzene rings is 1. The number of rotatable bonds is 4. The fourth-order valence-electron chi connectivity index (χ4n) is 2.33. The predicted octanol–water partition coefficient (Wildman–Crippen LogP) is 4.88. The number of pyridine rings is 1. The summed E-state index contributed by atoms with van der Waals surface area (Å²) in [4.78, 5) is 8.43. The van der Waals surface area contributed by atoms with Crippen LogP contribution in [0.15, 0.2) is 76.0 Å². The van der Waals surface area contributed by atoms with Gasteiger partial charge in [0.05, 0.1) is 17.6 Å². The van der Waals surface area contributed by atoms with Gasteiger partial charge in [0.25, 0.3) is 0 Å². The van der Waals surface area contributed by atoms with Crippen LogP contribution in [0.2, 0.25) is 0 Å². The van der Waals surface area contributed by atoms with Gasteiger partial charge in [-0.1, -0.05) is 0 Å². The summed E-state index contributed by atoms with van der Waals surface area (Å²) < 4.78 is 8.42. The van der Waals surface area contributed by atoms with Crippen LogP contribution in [0, 0.1) is 3.57 Å². The lowest BCUT2D eigenvalue weighted by Gasteiger charge is -1.96. The quantitative estimate of drug-likeness (QED) is 0.343. The summed E-state index contributed by atoms with van der Waals surface area (Å²) in [6.45, 7) is 0.447. The number of imidazole rings is 1. The first-order valence-electron chi connectivity index (χ1n) is 7.27. The van der Waals surface area contributed by atoms with Gasteiger partial charge in [-0.05, 0) is 59.0 Å². The summed E-state index contributed by atoms with van der Waals surface area (Å²) >= 11 is 2.28. The Balaban J connectivity index is 1.46. The molecule has 0 saturated heterocycles. The Bertz CT molecular complexity index is 990. The average Bonchev–Trinajstić information content (AvgIpc) is 3.24. The molecule has 6 nitrogen and oxygen atoms in total. The van der Waals surface area contributed by atoms with Crippen LogP contribution in [0.5, 0.6) is 0 Å². The van der Waals surface area contributed by atoms with Crippen molar-refractivity contribution in [3.63, 3.8) is 0 Å². The zero-order valence-electron chi connectivity index (χ0n) is 12.5. The van der Waals surface area contributed by atoms with Crippen molar-refractivity contribution in [1.82, 2.24) is 14.4 Å². The van der Waals surface area contributed by atoms with E-state index < -0.39 is 0 Å². The Labute approximate surface area is 151 Å². The van der Waals surface area contributed by atoms with Crippen molar-refractivity contribution in [1.29, 1.82) is 0 Å². The summed E-state index contributed by atoms with van der Waals surface area (Å²) in [5.41, 5.74) is 3.55. The van der Waals surface area contributed by atoms with Crippen LogP contribution in [0.3, 0.4) is 0 Å². The number of azo groups is 1. The summed E-state index contributed by atoms with van der Waals surface area (Å²) in [6, 6.07) is 11.7. The van der Waals surface area contributed by atoms with Gasteiger partial charge in [0, 0.05) is 21.5 Å². The van der Waals surface area contributed by atoms with Crippen LogP contribution < -0.4 is 0 Å². The Morgan fingerprint density at radius 1 is 1.08 bits per heavy atom. The van der Waals surface area contributed by atoms with Crippen LogP contribution in [-0.4, -0.2) is 14.4 Å². The van der Waals surface area contributed by atoms with E-state index in [2.05, 4.69) is 42.8 Å². The van der Waals surface area contributed by atoms with E-state index in [4.69, 9.17) is 4.42 Å². The minimum absolute atomic E-state index is 0.447. The number of nitrogens with zero attached hydrogens (tertiary/aromatic N) is 5. The van der Waals surface area contributed by atoms with Gasteiger partial charge in [-0.2, -0.15) is 10.2 Å². The molecule has 0 fully saturated rings. The van der Waals surface area contributed by atoms with Gasteiger partial charge >= 0.3 is 0 Å². The molecular formula is C17H12IN5O. The molecule has 7 heteroatoms. The maximum atomic E-state index is 5.26. The Hall–Kier alpha value is -2.55. The zero-order chi connectivity index (χ0) is 16.4. The zero-order valence-corrected chi connectivity index (χ0v) is 14.7. The number of halogens is 1. The molecule has 0 N–H and O–H groups in total. The van der Waals surface area contributed by atoms with Gasteiger partial charge in [0.2, 0.25) is 0 Å². The number of hydrogen-bond donors (Lipinski definition) is 0. The van der Waals surface area contributed by atoms with Crippen molar-refractivity contribution < 1.29 is 4.42 Å². The second-order valence-corrected chi connectivity index (χ2v) is 6.40. The molecule has 0 amide bonds. The Morgan fingerprint density at radius 2 is 1.96 bits per heavy atom. The molecule has 0 bridgehead atoms. The highest BCUT2D eigenvalue weighted by atomic mass is 127. The first kappa shape index (κ1) is 15.0. The molecular weight excluding hydrogens is 417 g/mol. The Kier molecular flexibility index (Phi) is 4.08.